The van der Waals surface area contributed by atoms with E-state index in [0.29, 0.717) is 27.8 Å². The number of rotatable bonds is 1. The van der Waals surface area contributed by atoms with E-state index in [1.165, 1.54) is 0 Å². The molecule has 94 valence electrons. The lowest BCUT2D eigenvalue weighted by Crippen LogP contribution is -2.10. The van der Waals surface area contributed by atoms with Gasteiger partial charge in [0.15, 0.2) is 5.65 Å². The highest BCUT2D eigenvalue weighted by Gasteiger charge is 2.18. The van der Waals surface area contributed by atoms with Gasteiger partial charge in [-0.05, 0) is 12.0 Å². The van der Waals surface area contributed by atoms with E-state index in [9.17, 15) is 10.1 Å². The summed E-state index contributed by atoms with van der Waals surface area (Å²) in [5.41, 5.74) is 1.88. The molecule has 0 aliphatic heterocycles. The topological polar surface area (TPSA) is 86.8 Å². The standard InChI is InChI=1S/C13H11N5O/c1-7(2)11-9(5-14)12-16-13(19)8-3-4-15-6-10(8)18(12)17-11/h3-4,6-7H,1-2H3,(H,16,19). The highest BCUT2D eigenvalue weighted by molar-refractivity contribution is 5.80. The summed E-state index contributed by atoms with van der Waals surface area (Å²) in [5.74, 6) is 0.102. The van der Waals surface area contributed by atoms with Gasteiger partial charge in [-0.15, -0.1) is 0 Å². The minimum absolute atomic E-state index is 0.102. The van der Waals surface area contributed by atoms with Gasteiger partial charge in [0.2, 0.25) is 0 Å². The third-order valence-electron chi connectivity index (χ3n) is 3.08. The van der Waals surface area contributed by atoms with Gasteiger partial charge in [-0.3, -0.25) is 9.78 Å². The maximum absolute atomic E-state index is 12.0. The number of aromatic nitrogens is 4. The Kier molecular flexibility index (Phi) is 2.35. The predicted octanol–water partition coefficient (Wildman–Crippen LogP) is 1.57. The van der Waals surface area contributed by atoms with Crippen molar-refractivity contribution in [2.24, 2.45) is 0 Å². The Labute approximate surface area is 108 Å². The Morgan fingerprint density at radius 2 is 2.26 bits per heavy atom. The van der Waals surface area contributed by atoms with Crippen LogP contribution in [0.25, 0.3) is 16.6 Å². The van der Waals surface area contributed by atoms with Gasteiger partial charge in [0, 0.05) is 6.20 Å². The van der Waals surface area contributed by atoms with Crippen LogP contribution in [0.5, 0.6) is 0 Å². The van der Waals surface area contributed by atoms with E-state index in [0.717, 1.165) is 0 Å². The third-order valence-corrected chi connectivity index (χ3v) is 3.08. The molecule has 0 saturated carbocycles. The molecule has 3 aromatic heterocycles. The maximum atomic E-state index is 12.0. The number of hydrogen-bond donors (Lipinski definition) is 1. The fourth-order valence-electron chi connectivity index (χ4n) is 2.16. The Bertz CT molecular complexity index is 882. The molecule has 0 aliphatic carbocycles. The van der Waals surface area contributed by atoms with Crippen LogP contribution < -0.4 is 5.56 Å². The number of nitrogens with zero attached hydrogens (tertiary/aromatic N) is 4. The molecule has 3 rings (SSSR count). The average Bonchev–Trinajstić information content (AvgIpc) is 2.78. The lowest BCUT2D eigenvalue weighted by Gasteiger charge is -1.99. The molecule has 0 aliphatic rings. The molecule has 0 unspecified atom stereocenters. The molecule has 3 aromatic rings. The molecule has 6 nitrogen and oxygen atoms in total. The van der Waals surface area contributed by atoms with E-state index >= 15 is 0 Å². The predicted molar refractivity (Wildman–Crippen MR) is 69.9 cm³/mol. The van der Waals surface area contributed by atoms with Crippen LogP contribution in [0.4, 0.5) is 0 Å². The Balaban J connectivity index is 2.59. The zero-order valence-electron chi connectivity index (χ0n) is 10.5. The molecule has 19 heavy (non-hydrogen) atoms. The molecule has 0 atom stereocenters. The Morgan fingerprint density at radius 1 is 1.47 bits per heavy atom. The van der Waals surface area contributed by atoms with Gasteiger partial charge in [0.05, 0.1) is 22.8 Å². The van der Waals surface area contributed by atoms with Gasteiger partial charge < -0.3 is 4.98 Å². The maximum Gasteiger partial charge on any atom is 0.259 e. The number of nitrogens with one attached hydrogen (secondary N) is 1. The second-order valence-corrected chi connectivity index (χ2v) is 4.63. The first kappa shape index (κ1) is 11.4. The van der Waals surface area contributed by atoms with Crippen LogP contribution in [0.2, 0.25) is 0 Å². The van der Waals surface area contributed by atoms with Crippen LogP contribution in [0, 0.1) is 11.3 Å². The quantitative estimate of drug-likeness (QED) is 0.713. The van der Waals surface area contributed by atoms with E-state index in [1.807, 2.05) is 13.8 Å². The molecule has 0 saturated heterocycles. The first-order chi connectivity index (χ1) is 9.13. The van der Waals surface area contributed by atoms with Gasteiger partial charge in [0.25, 0.3) is 5.56 Å². The number of nitriles is 1. The number of fused-ring (bicyclic) bond motifs is 3. The third kappa shape index (κ3) is 1.52. The Morgan fingerprint density at radius 3 is 2.95 bits per heavy atom. The molecule has 0 amide bonds. The van der Waals surface area contributed by atoms with Gasteiger partial charge in [-0.2, -0.15) is 10.4 Å². The first-order valence-corrected chi connectivity index (χ1v) is 5.92. The van der Waals surface area contributed by atoms with E-state index in [-0.39, 0.29) is 11.5 Å². The summed E-state index contributed by atoms with van der Waals surface area (Å²) >= 11 is 0. The summed E-state index contributed by atoms with van der Waals surface area (Å²) in [6, 6.07) is 3.75. The van der Waals surface area contributed by atoms with Crippen molar-refractivity contribution in [1.29, 1.82) is 5.26 Å². The van der Waals surface area contributed by atoms with Crippen LogP contribution >= 0.6 is 0 Å². The van der Waals surface area contributed by atoms with Crippen molar-refractivity contribution in [3.63, 3.8) is 0 Å². The average molecular weight is 253 g/mol. The van der Waals surface area contributed by atoms with E-state index in [2.05, 4.69) is 21.1 Å². The monoisotopic (exact) mass is 253 g/mol. The lowest BCUT2D eigenvalue weighted by molar-refractivity contribution is 0.792. The molecular formula is C13H11N5O. The molecule has 0 radical (unpaired) electrons. The first-order valence-electron chi connectivity index (χ1n) is 5.92. The minimum Gasteiger partial charge on any atom is -0.305 e. The molecule has 0 bridgehead atoms. The van der Waals surface area contributed by atoms with Crippen molar-refractivity contribution >= 4 is 16.6 Å². The van der Waals surface area contributed by atoms with Crippen LogP contribution in [-0.4, -0.2) is 19.6 Å². The van der Waals surface area contributed by atoms with Crippen molar-refractivity contribution in [2.75, 3.05) is 0 Å². The van der Waals surface area contributed by atoms with Crippen molar-refractivity contribution in [2.45, 2.75) is 19.8 Å². The molecule has 1 N–H and O–H groups in total. The van der Waals surface area contributed by atoms with E-state index < -0.39 is 0 Å². The van der Waals surface area contributed by atoms with Crippen molar-refractivity contribution in [3.8, 4) is 6.07 Å². The number of hydrogen-bond acceptors (Lipinski definition) is 4. The van der Waals surface area contributed by atoms with Crippen molar-refractivity contribution in [1.82, 2.24) is 19.6 Å². The summed E-state index contributed by atoms with van der Waals surface area (Å²) in [6.07, 6.45) is 3.14. The molecule has 0 fully saturated rings. The fraction of sp³-hybridized carbons (Fsp3) is 0.231. The van der Waals surface area contributed by atoms with Gasteiger partial charge in [0.1, 0.15) is 11.6 Å². The largest absolute Gasteiger partial charge is 0.305 e. The summed E-state index contributed by atoms with van der Waals surface area (Å²) in [6.45, 7) is 3.92. The van der Waals surface area contributed by atoms with E-state index in [4.69, 9.17) is 0 Å². The zero-order chi connectivity index (χ0) is 13.6. The summed E-state index contributed by atoms with van der Waals surface area (Å²) < 4.78 is 1.58. The smallest absolute Gasteiger partial charge is 0.259 e. The SMILES string of the molecule is CC(C)c1nn2c([nH]c(=O)c3ccncc32)c1C#N. The molecule has 6 heteroatoms. The van der Waals surface area contributed by atoms with Crippen LogP contribution in [-0.2, 0) is 0 Å². The second kappa shape index (κ2) is 3.92. The van der Waals surface area contributed by atoms with Crippen LogP contribution in [0.15, 0.2) is 23.3 Å². The normalized spacial score (nSPS) is 11.3. The number of H-pyrrole nitrogens is 1. The lowest BCUT2D eigenvalue weighted by atomic mass is 10.1. The van der Waals surface area contributed by atoms with Gasteiger partial charge in [-0.25, -0.2) is 4.52 Å². The van der Waals surface area contributed by atoms with Crippen molar-refractivity contribution in [3.05, 3.63) is 40.1 Å². The van der Waals surface area contributed by atoms with Gasteiger partial charge >= 0.3 is 0 Å². The highest BCUT2D eigenvalue weighted by atomic mass is 16.1. The summed E-state index contributed by atoms with van der Waals surface area (Å²) in [4.78, 5) is 18.7. The Hall–Kier alpha value is -2.68. The highest BCUT2D eigenvalue weighted by Crippen LogP contribution is 2.22. The molecule has 0 aromatic carbocycles. The molecule has 0 spiro atoms. The van der Waals surface area contributed by atoms with Crippen LogP contribution in [0.3, 0.4) is 0 Å². The number of pyridine rings is 1. The summed E-state index contributed by atoms with van der Waals surface area (Å²) in [5, 5.41) is 14.2. The molecular weight excluding hydrogens is 242 g/mol. The fourth-order valence-corrected chi connectivity index (χ4v) is 2.16. The number of aromatic amines is 1. The minimum atomic E-state index is -0.239. The van der Waals surface area contributed by atoms with E-state index in [1.54, 1.807) is 23.0 Å². The summed E-state index contributed by atoms with van der Waals surface area (Å²) in [7, 11) is 0. The van der Waals surface area contributed by atoms with Crippen molar-refractivity contribution < 1.29 is 0 Å². The second-order valence-electron chi connectivity index (χ2n) is 4.63. The zero-order valence-corrected chi connectivity index (χ0v) is 10.5. The van der Waals surface area contributed by atoms with Crippen LogP contribution in [0.1, 0.15) is 31.0 Å². The van der Waals surface area contributed by atoms with Gasteiger partial charge in [-0.1, -0.05) is 13.8 Å². The molecule has 3 heterocycles.